The molecule has 9 heteroatoms. The van der Waals surface area contributed by atoms with E-state index in [4.69, 9.17) is 25.8 Å². The fourth-order valence-corrected chi connectivity index (χ4v) is 3.71. The fourth-order valence-electron chi connectivity index (χ4n) is 3.55. The van der Waals surface area contributed by atoms with Gasteiger partial charge in [0.1, 0.15) is 17.9 Å². The number of nitrogens with zero attached hydrogens (tertiary/aromatic N) is 2. The number of aromatic nitrogens is 2. The molecule has 2 aromatic carbocycles. The molecule has 0 unspecified atom stereocenters. The van der Waals surface area contributed by atoms with Gasteiger partial charge >= 0.3 is 0 Å². The first-order valence-corrected chi connectivity index (χ1v) is 10.3. The highest BCUT2D eigenvalue weighted by Crippen LogP contribution is 2.36. The third-order valence-electron chi connectivity index (χ3n) is 5.28. The number of fused-ring (bicyclic) bond motifs is 1. The van der Waals surface area contributed by atoms with Crippen LogP contribution in [0.25, 0.3) is 10.9 Å². The van der Waals surface area contributed by atoms with E-state index in [9.17, 15) is 0 Å². The van der Waals surface area contributed by atoms with Crippen molar-refractivity contribution in [3.05, 3.63) is 41.7 Å². The highest BCUT2D eigenvalue weighted by atomic mass is 35.5. The highest BCUT2D eigenvalue weighted by Gasteiger charge is 2.17. The van der Waals surface area contributed by atoms with E-state index in [0.717, 1.165) is 36.8 Å². The van der Waals surface area contributed by atoms with Crippen LogP contribution in [0.5, 0.6) is 17.2 Å². The number of hydrogen-bond acceptors (Lipinski definition) is 7. The maximum Gasteiger partial charge on any atom is 0.163 e. The van der Waals surface area contributed by atoms with Crippen molar-refractivity contribution in [2.24, 2.45) is 5.92 Å². The maximum absolute atomic E-state index is 6.34. The molecule has 3 aromatic rings. The Bertz CT molecular complexity index is 1030. The quantitative estimate of drug-likeness (QED) is 0.517. The number of nitrogens with one attached hydrogen (secondary N) is 2. The van der Waals surface area contributed by atoms with Crippen molar-refractivity contribution in [3.8, 4) is 17.2 Å². The molecule has 1 aromatic heterocycles. The molecule has 0 amide bonds. The van der Waals surface area contributed by atoms with Crippen molar-refractivity contribution in [1.82, 2.24) is 15.3 Å². The summed E-state index contributed by atoms with van der Waals surface area (Å²) in [6.07, 6.45) is 3.75. The summed E-state index contributed by atoms with van der Waals surface area (Å²) < 4.78 is 17.0. The van der Waals surface area contributed by atoms with E-state index < -0.39 is 0 Å². The van der Waals surface area contributed by atoms with E-state index in [2.05, 4.69) is 20.6 Å². The van der Waals surface area contributed by atoms with Crippen molar-refractivity contribution < 1.29 is 14.2 Å². The average Bonchev–Trinajstić information content (AvgIpc) is 2.79. The van der Waals surface area contributed by atoms with Crippen LogP contribution in [0.2, 0.25) is 5.02 Å². The Morgan fingerprint density at radius 1 is 1.06 bits per heavy atom. The van der Waals surface area contributed by atoms with E-state index in [1.165, 1.54) is 6.33 Å². The second-order valence-corrected chi connectivity index (χ2v) is 7.62. The van der Waals surface area contributed by atoms with Crippen LogP contribution in [0.1, 0.15) is 12.8 Å². The van der Waals surface area contributed by atoms with E-state index in [1.54, 1.807) is 26.4 Å². The zero-order valence-corrected chi connectivity index (χ0v) is 19.1. The molecule has 2 N–H and O–H groups in total. The van der Waals surface area contributed by atoms with Crippen LogP contribution in [0.3, 0.4) is 0 Å². The summed E-state index contributed by atoms with van der Waals surface area (Å²) in [7, 11) is 3.25. The molecule has 7 nitrogen and oxygen atoms in total. The first-order valence-electron chi connectivity index (χ1n) is 9.94. The molecule has 0 radical (unpaired) electrons. The van der Waals surface area contributed by atoms with Gasteiger partial charge in [-0.3, -0.25) is 0 Å². The first kappa shape index (κ1) is 23.2. The minimum absolute atomic E-state index is 0. The predicted octanol–water partition coefficient (Wildman–Crippen LogP) is 4.84. The van der Waals surface area contributed by atoms with Crippen LogP contribution in [-0.2, 0) is 0 Å². The highest BCUT2D eigenvalue weighted by molar-refractivity contribution is 6.33. The Kier molecular flexibility index (Phi) is 8.01. The van der Waals surface area contributed by atoms with Gasteiger partial charge in [0.05, 0.1) is 37.1 Å². The van der Waals surface area contributed by atoms with Crippen molar-refractivity contribution in [2.45, 2.75) is 12.8 Å². The smallest absolute Gasteiger partial charge is 0.163 e. The Balaban J connectivity index is 0.00000272. The standard InChI is InChI=1S/C22H25ClN4O3.ClH/c1-28-15-3-4-17(23)19(9-15)27-22-16-10-20(29-2)21(11-18(16)25-13-26-22)30-12-14-5-7-24-8-6-14;/h3-4,9-11,13-14,24H,5-8,12H2,1-2H3,(H,25,26,27);1H. The van der Waals surface area contributed by atoms with E-state index in [0.29, 0.717) is 46.3 Å². The molecule has 0 bridgehead atoms. The minimum atomic E-state index is 0. The number of ether oxygens (including phenoxy) is 3. The van der Waals surface area contributed by atoms with Gasteiger partial charge in [-0.05, 0) is 50.0 Å². The lowest BCUT2D eigenvalue weighted by molar-refractivity contribution is 0.208. The zero-order chi connectivity index (χ0) is 20.9. The molecular formula is C22H26Cl2N4O3. The van der Waals surface area contributed by atoms with Crippen LogP contribution >= 0.6 is 24.0 Å². The molecule has 0 aliphatic carbocycles. The SMILES string of the molecule is COc1ccc(Cl)c(Nc2ncnc3cc(OCC4CCNCC4)c(OC)cc23)c1.Cl. The molecule has 0 saturated carbocycles. The molecule has 4 rings (SSSR count). The number of anilines is 2. The number of benzene rings is 2. The van der Waals surface area contributed by atoms with Crippen LogP contribution in [-0.4, -0.2) is 43.9 Å². The molecule has 166 valence electrons. The lowest BCUT2D eigenvalue weighted by Gasteiger charge is -2.23. The molecule has 0 spiro atoms. The Morgan fingerprint density at radius 2 is 1.87 bits per heavy atom. The van der Waals surface area contributed by atoms with Gasteiger partial charge in [-0.15, -0.1) is 12.4 Å². The van der Waals surface area contributed by atoms with Gasteiger partial charge in [0.2, 0.25) is 0 Å². The third-order valence-corrected chi connectivity index (χ3v) is 5.61. The molecule has 1 aliphatic heterocycles. The summed E-state index contributed by atoms with van der Waals surface area (Å²) in [5.41, 5.74) is 1.45. The van der Waals surface area contributed by atoms with E-state index in [1.807, 2.05) is 18.2 Å². The van der Waals surface area contributed by atoms with Crippen molar-refractivity contribution >= 4 is 46.4 Å². The summed E-state index contributed by atoms with van der Waals surface area (Å²) in [6.45, 7) is 2.75. The third kappa shape index (κ3) is 5.42. The topological polar surface area (TPSA) is 77.5 Å². The van der Waals surface area contributed by atoms with Crippen molar-refractivity contribution in [2.75, 3.05) is 39.2 Å². The minimum Gasteiger partial charge on any atom is -0.497 e. The Morgan fingerprint density at radius 3 is 2.61 bits per heavy atom. The monoisotopic (exact) mass is 464 g/mol. The normalized spacial score (nSPS) is 14.0. The maximum atomic E-state index is 6.34. The predicted molar refractivity (Wildman–Crippen MR) is 126 cm³/mol. The lowest BCUT2D eigenvalue weighted by Crippen LogP contribution is -2.30. The van der Waals surface area contributed by atoms with Gasteiger partial charge < -0.3 is 24.8 Å². The summed E-state index contributed by atoms with van der Waals surface area (Å²) in [5, 5.41) is 8.03. The summed E-state index contributed by atoms with van der Waals surface area (Å²) >= 11 is 6.34. The second kappa shape index (κ2) is 10.7. The molecule has 1 saturated heterocycles. The fraction of sp³-hybridized carbons (Fsp3) is 0.364. The zero-order valence-electron chi connectivity index (χ0n) is 17.5. The summed E-state index contributed by atoms with van der Waals surface area (Å²) in [4.78, 5) is 8.81. The Hall–Kier alpha value is -2.48. The first-order chi connectivity index (χ1) is 14.7. The van der Waals surface area contributed by atoms with Gasteiger partial charge in [0.25, 0.3) is 0 Å². The van der Waals surface area contributed by atoms with Crippen LogP contribution in [0, 0.1) is 5.92 Å². The van der Waals surface area contributed by atoms with Crippen LogP contribution in [0.4, 0.5) is 11.5 Å². The van der Waals surface area contributed by atoms with E-state index in [-0.39, 0.29) is 12.4 Å². The number of hydrogen-bond donors (Lipinski definition) is 2. The lowest BCUT2D eigenvalue weighted by atomic mass is 9.99. The van der Waals surface area contributed by atoms with Crippen molar-refractivity contribution in [1.29, 1.82) is 0 Å². The summed E-state index contributed by atoms with van der Waals surface area (Å²) in [6, 6.07) is 9.20. The van der Waals surface area contributed by atoms with Gasteiger partial charge in [-0.2, -0.15) is 0 Å². The average molecular weight is 465 g/mol. The Labute approximate surface area is 192 Å². The molecule has 31 heavy (non-hydrogen) atoms. The number of methoxy groups -OCH3 is 2. The second-order valence-electron chi connectivity index (χ2n) is 7.22. The molecule has 2 heterocycles. The molecule has 0 atom stereocenters. The summed E-state index contributed by atoms with van der Waals surface area (Å²) in [5.74, 6) is 3.20. The van der Waals surface area contributed by atoms with Gasteiger partial charge in [-0.1, -0.05) is 11.6 Å². The molecule has 1 fully saturated rings. The molecular weight excluding hydrogens is 439 g/mol. The van der Waals surface area contributed by atoms with Gasteiger partial charge in [-0.25, -0.2) is 9.97 Å². The van der Waals surface area contributed by atoms with Crippen LogP contribution in [0.15, 0.2) is 36.7 Å². The van der Waals surface area contributed by atoms with E-state index >= 15 is 0 Å². The largest absolute Gasteiger partial charge is 0.497 e. The number of rotatable bonds is 7. The van der Waals surface area contributed by atoms with Gasteiger partial charge in [0.15, 0.2) is 11.5 Å². The molecule has 1 aliphatic rings. The number of piperidine rings is 1. The number of halogens is 2. The van der Waals surface area contributed by atoms with Crippen molar-refractivity contribution in [3.63, 3.8) is 0 Å². The van der Waals surface area contributed by atoms with Crippen LogP contribution < -0.4 is 24.8 Å². The van der Waals surface area contributed by atoms with Gasteiger partial charge in [0, 0.05) is 17.5 Å².